The third kappa shape index (κ3) is 4.13. The minimum Gasteiger partial charge on any atom is -1.00 e. The van der Waals surface area contributed by atoms with Gasteiger partial charge >= 0.3 is 37.7 Å². The predicted molar refractivity (Wildman–Crippen MR) is 34.4 cm³/mol. The molecule has 0 heterocycles. The van der Waals surface area contributed by atoms with Crippen LogP contribution in [0.15, 0.2) is 23.3 Å². The van der Waals surface area contributed by atoms with Gasteiger partial charge in [-0.15, -0.1) is 0 Å². The Labute approximate surface area is 84.1 Å². The topological polar surface area (TPSA) is 0 Å². The first-order valence-electron chi connectivity index (χ1n) is 2.62. The van der Waals surface area contributed by atoms with E-state index in [2.05, 4.69) is 26.0 Å². The summed E-state index contributed by atoms with van der Waals surface area (Å²) in [6.07, 6.45) is 5.55. The van der Waals surface area contributed by atoms with Crippen LogP contribution < -0.4 is 37.7 Å². The molecule has 0 amide bonds. The van der Waals surface area contributed by atoms with Crippen molar-refractivity contribution in [3.8, 4) is 0 Å². The number of hydrogen-bond donors (Lipinski definition) is 0. The van der Waals surface area contributed by atoms with E-state index in [1.54, 1.807) is 0 Å². The first kappa shape index (κ1) is 12.4. The summed E-state index contributed by atoms with van der Waals surface area (Å²) < 4.78 is 0. The zero-order chi connectivity index (χ0) is 5.28. The molecule has 0 aromatic rings. The molecule has 42 valence electrons. The van der Waals surface area contributed by atoms with Crippen molar-refractivity contribution in [2.75, 3.05) is 0 Å². The largest absolute Gasteiger partial charge is 1.00 e. The molecule has 0 saturated heterocycles. The molecule has 0 nitrogen and oxygen atoms in total. The molecule has 0 spiro atoms. The smallest absolute Gasteiger partial charge is 1.00 e. The molecule has 1 aliphatic rings. The van der Waals surface area contributed by atoms with Crippen LogP contribution in [0.4, 0.5) is 0 Å². The number of allylic oxidation sites excluding steroid dienone is 4. The Morgan fingerprint density at radius 3 is 1.56 bits per heavy atom. The molecule has 1 rings (SSSR count). The fourth-order valence-electron chi connectivity index (χ4n) is 0.842. The van der Waals surface area contributed by atoms with Crippen LogP contribution in [0, 0.1) is 0 Å². The van der Waals surface area contributed by atoms with Gasteiger partial charge in [0.2, 0.25) is 0 Å². The van der Waals surface area contributed by atoms with E-state index in [0.717, 1.165) is 0 Å². The van der Waals surface area contributed by atoms with Crippen LogP contribution in [0.3, 0.4) is 0 Å². The molecule has 1 aliphatic carbocycles. The molecular formula is C7H12Li2. The van der Waals surface area contributed by atoms with Gasteiger partial charge in [0.15, 0.2) is 0 Å². The van der Waals surface area contributed by atoms with Crippen LogP contribution in [-0.4, -0.2) is 0 Å². The van der Waals surface area contributed by atoms with Gasteiger partial charge in [-0.3, -0.25) is 0 Å². The van der Waals surface area contributed by atoms with Gasteiger partial charge in [-0.25, -0.2) is 0 Å². The molecule has 0 atom stereocenters. The Morgan fingerprint density at radius 1 is 1.11 bits per heavy atom. The van der Waals surface area contributed by atoms with Gasteiger partial charge in [-0.1, -0.05) is 23.3 Å². The predicted octanol–water partition coefficient (Wildman–Crippen LogP) is -3.48. The summed E-state index contributed by atoms with van der Waals surface area (Å²) in [5.41, 5.74) is 2.97. The Kier molecular flexibility index (Phi) is 7.50. The maximum atomic E-state index is 2.18. The van der Waals surface area contributed by atoms with Gasteiger partial charge < -0.3 is 2.85 Å². The van der Waals surface area contributed by atoms with Crippen LogP contribution >= 0.6 is 0 Å². The van der Waals surface area contributed by atoms with Crippen molar-refractivity contribution in [2.24, 2.45) is 0 Å². The van der Waals surface area contributed by atoms with Crippen LogP contribution in [0.25, 0.3) is 0 Å². The Hall–Kier alpha value is 0.675. The molecule has 0 aromatic carbocycles. The summed E-state index contributed by atoms with van der Waals surface area (Å²) in [7, 11) is 0. The summed E-state index contributed by atoms with van der Waals surface area (Å²) in [4.78, 5) is 0. The molecule has 0 N–H and O–H groups in total. The fraction of sp³-hybridized carbons (Fsp3) is 0.429. The second-order valence-corrected chi connectivity index (χ2v) is 2.20. The van der Waals surface area contributed by atoms with E-state index in [1.165, 1.54) is 17.6 Å². The van der Waals surface area contributed by atoms with E-state index >= 15 is 0 Å². The van der Waals surface area contributed by atoms with E-state index in [-0.39, 0.29) is 40.6 Å². The summed E-state index contributed by atoms with van der Waals surface area (Å²) in [6.45, 7) is 4.32. The van der Waals surface area contributed by atoms with Gasteiger partial charge in [0, 0.05) is 0 Å². The molecule has 0 unspecified atom stereocenters. The molecule has 0 bridgehead atoms. The van der Waals surface area contributed by atoms with Crippen LogP contribution in [-0.2, 0) is 0 Å². The van der Waals surface area contributed by atoms with Gasteiger partial charge in [-0.05, 0) is 20.3 Å². The molecule has 0 saturated carbocycles. The zero-order valence-corrected chi connectivity index (χ0v) is 6.86. The quantitative estimate of drug-likeness (QED) is 0.284. The van der Waals surface area contributed by atoms with E-state index in [4.69, 9.17) is 0 Å². The molecular weight excluding hydrogens is 98.0 g/mol. The average molecular weight is 110 g/mol. The van der Waals surface area contributed by atoms with E-state index < -0.39 is 0 Å². The minimum atomic E-state index is 0. The summed E-state index contributed by atoms with van der Waals surface area (Å²) >= 11 is 0. The van der Waals surface area contributed by atoms with Crippen molar-refractivity contribution in [1.82, 2.24) is 0 Å². The maximum absolute atomic E-state index is 2.18. The van der Waals surface area contributed by atoms with Crippen LogP contribution in [0.1, 0.15) is 23.1 Å². The molecule has 0 aliphatic heterocycles. The van der Waals surface area contributed by atoms with Crippen molar-refractivity contribution in [1.29, 1.82) is 0 Å². The van der Waals surface area contributed by atoms with Crippen molar-refractivity contribution in [3.05, 3.63) is 23.3 Å². The van der Waals surface area contributed by atoms with Gasteiger partial charge in [0.1, 0.15) is 0 Å². The molecule has 2 heteroatoms. The van der Waals surface area contributed by atoms with Crippen molar-refractivity contribution in [2.45, 2.75) is 20.3 Å². The van der Waals surface area contributed by atoms with Crippen molar-refractivity contribution in [3.63, 3.8) is 0 Å². The van der Waals surface area contributed by atoms with Gasteiger partial charge in [-0.2, -0.15) is 0 Å². The zero-order valence-electron chi connectivity index (χ0n) is 8.86. The van der Waals surface area contributed by atoms with E-state index in [1.807, 2.05) is 0 Å². The third-order valence-electron chi connectivity index (χ3n) is 1.21. The number of hydrogen-bond acceptors (Lipinski definition) is 0. The first-order chi connectivity index (χ1) is 3.29. The Morgan fingerprint density at radius 2 is 1.44 bits per heavy atom. The minimum absolute atomic E-state index is 0. The summed E-state index contributed by atoms with van der Waals surface area (Å²) in [6, 6.07) is 0. The van der Waals surface area contributed by atoms with E-state index in [0.29, 0.717) is 0 Å². The molecule has 9 heavy (non-hydrogen) atoms. The van der Waals surface area contributed by atoms with Gasteiger partial charge in [0.25, 0.3) is 0 Å². The standard InChI is InChI=1S/C7H10.2Li.2H/c1-6-3-4-7(2)5-6;;;;/h3-4H,5H2,1-2H3;;;;/q;2*+1;2*-1. The average Bonchev–Trinajstić information content (AvgIpc) is 1.87. The van der Waals surface area contributed by atoms with Crippen LogP contribution in [0.2, 0.25) is 0 Å². The fourth-order valence-corrected chi connectivity index (χ4v) is 0.842. The van der Waals surface area contributed by atoms with Crippen molar-refractivity contribution >= 4 is 0 Å². The van der Waals surface area contributed by atoms with Crippen molar-refractivity contribution < 1.29 is 40.6 Å². The van der Waals surface area contributed by atoms with Gasteiger partial charge in [0.05, 0.1) is 0 Å². The van der Waals surface area contributed by atoms with E-state index in [9.17, 15) is 0 Å². The monoisotopic (exact) mass is 110 g/mol. The summed E-state index contributed by atoms with van der Waals surface area (Å²) in [5, 5.41) is 0. The summed E-state index contributed by atoms with van der Waals surface area (Å²) in [5.74, 6) is 0. The normalized spacial score (nSPS) is 14.9. The third-order valence-corrected chi connectivity index (χ3v) is 1.21. The Balaban J connectivity index is -0.0000000612. The second-order valence-electron chi connectivity index (χ2n) is 2.20. The Bertz CT molecular complexity index is 125. The van der Waals surface area contributed by atoms with Crippen LogP contribution in [0.5, 0.6) is 0 Å². The second kappa shape index (κ2) is 5.46. The first-order valence-corrected chi connectivity index (χ1v) is 2.62. The maximum Gasteiger partial charge on any atom is 1.00 e. The number of rotatable bonds is 0. The molecule has 0 aromatic heterocycles. The molecule has 0 fully saturated rings. The SMILES string of the molecule is CC1=CC=C(C)C1.[H-].[H-].[Li+].[Li+]. The molecule has 0 radical (unpaired) electrons.